The second kappa shape index (κ2) is 5.95. The molecule has 1 unspecified atom stereocenters. The highest BCUT2D eigenvalue weighted by Gasteiger charge is 2.20. The van der Waals surface area contributed by atoms with Crippen LogP contribution in [0.5, 0.6) is 0 Å². The van der Waals surface area contributed by atoms with Gasteiger partial charge in [0.05, 0.1) is 7.11 Å². The monoisotopic (exact) mass is 214 g/mol. The van der Waals surface area contributed by atoms with Gasteiger partial charge >= 0.3 is 6.09 Å². The minimum atomic E-state index is -0.341. The summed E-state index contributed by atoms with van der Waals surface area (Å²) >= 11 is 0. The van der Waals surface area contributed by atoms with Crippen molar-refractivity contribution in [2.24, 2.45) is 5.92 Å². The molecule has 1 aliphatic heterocycles. The first-order valence-electron chi connectivity index (χ1n) is 5.69. The first kappa shape index (κ1) is 12.3. The summed E-state index contributed by atoms with van der Waals surface area (Å²) in [4.78, 5) is 13.3. The molecule has 88 valence electrons. The molecular weight excluding hydrogens is 192 g/mol. The zero-order valence-corrected chi connectivity index (χ0v) is 9.95. The molecule has 0 aromatic carbocycles. The number of piperidine rings is 1. The van der Waals surface area contributed by atoms with Crippen molar-refractivity contribution in [3.8, 4) is 0 Å². The van der Waals surface area contributed by atoms with Crippen molar-refractivity contribution in [1.29, 1.82) is 0 Å². The van der Waals surface area contributed by atoms with E-state index in [0.717, 1.165) is 19.0 Å². The van der Waals surface area contributed by atoms with E-state index < -0.39 is 0 Å². The van der Waals surface area contributed by atoms with Crippen LogP contribution in [0.25, 0.3) is 0 Å². The first-order chi connectivity index (χ1) is 7.13. The summed E-state index contributed by atoms with van der Waals surface area (Å²) in [5.41, 5.74) is 0. The summed E-state index contributed by atoms with van der Waals surface area (Å²) in [5, 5.41) is 2.74. The van der Waals surface area contributed by atoms with Gasteiger partial charge in [-0.15, -0.1) is 0 Å². The van der Waals surface area contributed by atoms with Crippen LogP contribution in [0.3, 0.4) is 0 Å². The van der Waals surface area contributed by atoms with Gasteiger partial charge in [-0.2, -0.15) is 0 Å². The van der Waals surface area contributed by atoms with Crippen molar-refractivity contribution < 1.29 is 9.53 Å². The smallest absolute Gasteiger partial charge is 0.406 e. The van der Waals surface area contributed by atoms with Crippen molar-refractivity contribution in [1.82, 2.24) is 10.2 Å². The molecule has 15 heavy (non-hydrogen) atoms. The van der Waals surface area contributed by atoms with Crippen molar-refractivity contribution in [3.05, 3.63) is 0 Å². The van der Waals surface area contributed by atoms with Crippen LogP contribution in [0, 0.1) is 5.92 Å². The van der Waals surface area contributed by atoms with Crippen LogP contribution >= 0.6 is 0 Å². The summed E-state index contributed by atoms with van der Waals surface area (Å²) in [5.74, 6) is 0.849. The minimum Gasteiger partial charge on any atom is -0.453 e. The molecule has 0 spiro atoms. The summed E-state index contributed by atoms with van der Waals surface area (Å²) in [6.45, 7) is 7.40. The Bertz CT molecular complexity index is 201. The minimum absolute atomic E-state index is 0.341. The number of alkyl carbamates (subject to hydrolysis) is 1. The molecule has 1 rings (SSSR count). The quantitative estimate of drug-likeness (QED) is 0.773. The number of carbonyl (C=O) groups excluding carboxylic acids is 1. The van der Waals surface area contributed by atoms with Gasteiger partial charge in [0.15, 0.2) is 0 Å². The molecule has 0 radical (unpaired) electrons. The first-order valence-corrected chi connectivity index (χ1v) is 5.69. The molecule has 1 saturated heterocycles. The van der Waals surface area contributed by atoms with Crippen LogP contribution in [0.2, 0.25) is 0 Å². The molecular formula is C11H22N2O2. The van der Waals surface area contributed by atoms with Gasteiger partial charge in [-0.3, -0.25) is 4.90 Å². The van der Waals surface area contributed by atoms with Crippen molar-refractivity contribution in [2.45, 2.75) is 32.7 Å². The third kappa shape index (κ3) is 4.08. The maximum atomic E-state index is 10.9. The highest BCUT2D eigenvalue weighted by molar-refractivity contribution is 5.66. The third-order valence-electron chi connectivity index (χ3n) is 3.17. The third-order valence-corrected chi connectivity index (χ3v) is 3.17. The summed E-state index contributed by atoms with van der Waals surface area (Å²) in [7, 11) is 1.39. The lowest BCUT2D eigenvalue weighted by Gasteiger charge is -2.34. The molecule has 0 aromatic rings. The zero-order valence-electron chi connectivity index (χ0n) is 9.95. The van der Waals surface area contributed by atoms with Crippen LogP contribution in [-0.2, 0) is 4.74 Å². The largest absolute Gasteiger partial charge is 0.453 e. The van der Waals surface area contributed by atoms with E-state index in [2.05, 4.69) is 28.8 Å². The van der Waals surface area contributed by atoms with Crippen LogP contribution in [0.1, 0.15) is 26.7 Å². The number of carbonyl (C=O) groups is 1. The highest BCUT2D eigenvalue weighted by atomic mass is 16.5. The van der Waals surface area contributed by atoms with Crippen molar-refractivity contribution >= 4 is 6.09 Å². The van der Waals surface area contributed by atoms with Gasteiger partial charge < -0.3 is 10.1 Å². The Hall–Kier alpha value is -0.770. The molecule has 1 heterocycles. The predicted molar refractivity (Wildman–Crippen MR) is 59.8 cm³/mol. The Balaban J connectivity index is 2.22. The number of nitrogens with one attached hydrogen (secondary N) is 1. The summed E-state index contributed by atoms with van der Waals surface area (Å²) < 4.78 is 4.54. The maximum Gasteiger partial charge on any atom is 0.406 e. The molecule has 1 N–H and O–H groups in total. The number of nitrogens with zero attached hydrogens (tertiary/aromatic N) is 1. The Morgan fingerprint density at radius 3 is 2.67 bits per heavy atom. The molecule has 1 atom stereocenters. The van der Waals surface area contributed by atoms with E-state index in [4.69, 9.17) is 0 Å². The fourth-order valence-corrected chi connectivity index (χ4v) is 1.90. The molecule has 0 aromatic heterocycles. The number of likely N-dealkylation sites (tertiary alicyclic amines) is 1. The molecule has 1 amide bonds. The molecule has 0 saturated carbocycles. The number of rotatable bonds is 3. The van der Waals surface area contributed by atoms with Crippen LogP contribution in [0.15, 0.2) is 0 Å². The van der Waals surface area contributed by atoms with Gasteiger partial charge in [0.25, 0.3) is 0 Å². The standard InChI is InChI=1S/C11H22N2O2/c1-9-4-6-13(7-5-9)10(2)8-12-11(14)15-3/h9-10H,4-8H2,1-3H3,(H,12,14). The molecule has 1 fully saturated rings. The SMILES string of the molecule is COC(=O)NCC(C)N1CCC(C)CC1. The van der Waals surface area contributed by atoms with Crippen LogP contribution in [0.4, 0.5) is 4.79 Å². The number of hydrogen-bond acceptors (Lipinski definition) is 3. The zero-order chi connectivity index (χ0) is 11.3. The molecule has 0 bridgehead atoms. The van der Waals surface area contributed by atoms with Gasteiger partial charge in [0.2, 0.25) is 0 Å². The number of amides is 1. The average Bonchev–Trinajstić information content (AvgIpc) is 2.26. The second-order valence-electron chi connectivity index (χ2n) is 4.44. The molecule has 4 heteroatoms. The van der Waals surface area contributed by atoms with Gasteiger partial charge in [-0.1, -0.05) is 6.92 Å². The van der Waals surface area contributed by atoms with Gasteiger partial charge in [0, 0.05) is 12.6 Å². The van der Waals surface area contributed by atoms with Gasteiger partial charge in [0.1, 0.15) is 0 Å². The Morgan fingerprint density at radius 2 is 2.13 bits per heavy atom. The van der Waals surface area contributed by atoms with E-state index in [0.29, 0.717) is 12.6 Å². The summed E-state index contributed by atoms with van der Waals surface area (Å²) in [6.07, 6.45) is 2.19. The van der Waals surface area contributed by atoms with E-state index in [9.17, 15) is 4.79 Å². The van der Waals surface area contributed by atoms with E-state index in [1.54, 1.807) is 0 Å². The van der Waals surface area contributed by atoms with E-state index in [-0.39, 0.29) is 6.09 Å². The number of methoxy groups -OCH3 is 1. The van der Waals surface area contributed by atoms with E-state index in [1.165, 1.54) is 20.0 Å². The number of hydrogen-bond donors (Lipinski definition) is 1. The van der Waals surface area contributed by atoms with E-state index in [1.807, 2.05) is 0 Å². The Kier molecular flexibility index (Phi) is 4.88. The van der Waals surface area contributed by atoms with Crippen LogP contribution in [-0.4, -0.2) is 43.8 Å². The Morgan fingerprint density at radius 1 is 1.53 bits per heavy atom. The highest BCUT2D eigenvalue weighted by Crippen LogP contribution is 2.17. The van der Waals surface area contributed by atoms with Crippen LogP contribution < -0.4 is 5.32 Å². The predicted octanol–water partition coefficient (Wildman–Crippen LogP) is 1.46. The van der Waals surface area contributed by atoms with E-state index >= 15 is 0 Å². The molecule has 4 nitrogen and oxygen atoms in total. The second-order valence-corrected chi connectivity index (χ2v) is 4.44. The maximum absolute atomic E-state index is 10.9. The normalized spacial score (nSPS) is 21.0. The lowest BCUT2D eigenvalue weighted by atomic mass is 9.98. The summed E-state index contributed by atoms with van der Waals surface area (Å²) in [6, 6.07) is 0.400. The average molecular weight is 214 g/mol. The molecule has 0 aliphatic carbocycles. The number of ether oxygens (including phenoxy) is 1. The van der Waals surface area contributed by atoms with Crippen molar-refractivity contribution in [2.75, 3.05) is 26.7 Å². The van der Waals surface area contributed by atoms with Crippen molar-refractivity contribution in [3.63, 3.8) is 0 Å². The van der Waals surface area contributed by atoms with Gasteiger partial charge in [-0.25, -0.2) is 4.79 Å². The topological polar surface area (TPSA) is 41.6 Å². The fourth-order valence-electron chi connectivity index (χ4n) is 1.90. The molecule has 1 aliphatic rings. The lowest BCUT2D eigenvalue weighted by Crippen LogP contribution is -2.45. The lowest BCUT2D eigenvalue weighted by molar-refractivity contribution is 0.136. The Labute approximate surface area is 92.0 Å². The fraction of sp³-hybridized carbons (Fsp3) is 0.909. The van der Waals surface area contributed by atoms with Gasteiger partial charge in [-0.05, 0) is 38.8 Å².